The first-order valence-corrected chi connectivity index (χ1v) is 20.2. The van der Waals surface area contributed by atoms with Crippen LogP contribution in [0.25, 0.3) is 0 Å². The highest BCUT2D eigenvalue weighted by Gasteiger charge is 2.22. The van der Waals surface area contributed by atoms with E-state index in [1.807, 2.05) is 36.4 Å². The molecule has 5 rings (SSSR count). The molecule has 0 heterocycles. The SMILES string of the molecule is CCN(CCO)c1ccc(C(c2ccccc2)c2ccc(N(CC)CCO)cc2C)c(C)c1.CCN(CCO)c1cccc(C)c1.COC(OC)c1ccccc1. The molecule has 0 aliphatic heterocycles. The molecule has 0 fully saturated rings. The summed E-state index contributed by atoms with van der Waals surface area (Å²) >= 11 is 0. The van der Waals surface area contributed by atoms with Crippen LogP contribution < -0.4 is 14.7 Å². The highest BCUT2D eigenvalue weighted by atomic mass is 16.7. The molecule has 0 atom stereocenters. The largest absolute Gasteiger partial charge is 0.395 e. The van der Waals surface area contributed by atoms with Crippen LogP contribution in [0.3, 0.4) is 0 Å². The second-order valence-electron chi connectivity index (χ2n) is 13.9. The molecule has 57 heavy (non-hydrogen) atoms. The molecule has 0 spiro atoms. The molecule has 0 saturated carbocycles. The second-order valence-corrected chi connectivity index (χ2v) is 13.9. The molecule has 0 saturated heterocycles. The van der Waals surface area contributed by atoms with Crippen LogP contribution in [0.15, 0.2) is 121 Å². The molecule has 0 amide bonds. The lowest BCUT2D eigenvalue weighted by Gasteiger charge is -2.28. The third-order valence-electron chi connectivity index (χ3n) is 10.1. The molecular weight excluding hydrogens is 711 g/mol. The first kappa shape index (κ1) is 46.7. The lowest BCUT2D eigenvalue weighted by molar-refractivity contribution is -0.106. The van der Waals surface area contributed by atoms with Crippen molar-refractivity contribution in [2.45, 2.75) is 53.8 Å². The summed E-state index contributed by atoms with van der Waals surface area (Å²) in [7, 11) is 3.25. The van der Waals surface area contributed by atoms with Gasteiger partial charge in [-0.1, -0.05) is 84.9 Å². The summed E-state index contributed by atoms with van der Waals surface area (Å²) in [4.78, 5) is 6.57. The van der Waals surface area contributed by atoms with Crippen molar-refractivity contribution in [2.24, 2.45) is 0 Å². The zero-order valence-corrected chi connectivity index (χ0v) is 35.6. The highest BCUT2D eigenvalue weighted by Crippen LogP contribution is 2.38. The van der Waals surface area contributed by atoms with Crippen molar-refractivity contribution in [2.75, 3.05) is 88.0 Å². The number of likely N-dealkylation sites (N-methyl/N-ethyl adjacent to an activating group) is 3. The fourth-order valence-corrected chi connectivity index (χ4v) is 7.11. The number of methoxy groups -OCH3 is 2. The number of nitrogens with zero attached hydrogens (tertiary/aromatic N) is 3. The molecule has 3 N–H and O–H groups in total. The van der Waals surface area contributed by atoms with Gasteiger partial charge in [0.05, 0.1) is 19.8 Å². The van der Waals surface area contributed by atoms with Gasteiger partial charge >= 0.3 is 0 Å². The number of anilines is 3. The van der Waals surface area contributed by atoms with E-state index in [1.165, 1.54) is 39.1 Å². The molecule has 0 aromatic heterocycles. The van der Waals surface area contributed by atoms with Crippen molar-refractivity contribution in [3.05, 3.63) is 160 Å². The molecule has 5 aromatic rings. The molecule has 0 aliphatic rings. The fraction of sp³-hybridized carbons (Fsp3) is 0.388. The quantitative estimate of drug-likeness (QED) is 0.0601. The van der Waals surface area contributed by atoms with Crippen LogP contribution in [-0.2, 0) is 9.47 Å². The Labute approximate surface area is 342 Å². The monoisotopic (exact) mass is 778 g/mol. The highest BCUT2D eigenvalue weighted by molar-refractivity contribution is 5.58. The Balaban J connectivity index is 0.000000294. The first-order valence-electron chi connectivity index (χ1n) is 20.2. The van der Waals surface area contributed by atoms with Gasteiger partial charge in [0.2, 0.25) is 0 Å². The van der Waals surface area contributed by atoms with Crippen molar-refractivity contribution in [1.29, 1.82) is 0 Å². The molecule has 308 valence electrons. The summed E-state index contributed by atoms with van der Waals surface area (Å²) in [6.07, 6.45) is -0.240. The number of aliphatic hydroxyl groups excluding tert-OH is 3. The molecule has 0 unspecified atom stereocenters. The van der Waals surface area contributed by atoms with E-state index in [2.05, 4.69) is 141 Å². The van der Waals surface area contributed by atoms with E-state index in [9.17, 15) is 10.2 Å². The van der Waals surface area contributed by atoms with Crippen LogP contribution in [0.1, 0.15) is 71.9 Å². The lowest BCUT2D eigenvalue weighted by atomic mass is 9.81. The molecule has 8 heteroatoms. The minimum absolute atomic E-state index is 0.134. The average Bonchev–Trinajstić information content (AvgIpc) is 3.24. The molecule has 0 radical (unpaired) electrons. The molecule has 5 aromatic carbocycles. The van der Waals surface area contributed by atoms with Gasteiger partial charge in [0.1, 0.15) is 0 Å². The number of aliphatic hydroxyl groups is 3. The minimum Gasteiger partial charge on any atom is -0.395 e. The Morgan fingerprint density at radius 1 is 0.474 bits per heavy atom. The maximum atomic E-state index is 9.42. The zero-order chi connectivity index (χ0) is 41.6. The molecule has 8 nitrogen and oxygen atoms in total. The van der Waals surface area contributed by atoms with Crippen molar-refractivity contribution in [3.8, 4) is 0 Å². The van der Waals surface area contributed by atoms with Crippen LogP contribution in [0.4, 0.5) is 17.1 Å². The average molecular weight is 778 g/mol. The topological polar surface area (TPSA) is 88.9 Å². The minimum atomic E-state index is -0.240. The predicted octanol–water partition coefficient (Wildman–Crippen LogP) is 8.91. The van der Waals surface area contributed by atoms with Gasteiger partial charge in [0.25, 0.3) is 0 Å². The number of rotatable bonds is 18. The van der Waals surface area contributed by atoms with Gasteiger partial charge in [-0.05, 0) is 111 Å². The normalized spacial score (nSPS) is 10.8. The van der Waals surface area contributed by atoms with E-state index in [0.29, 0.717) is 19.6 Å². The van der Waals surface area contributed by atoms with Crippen LogP contribution in [0.2, 0.25) is 0 Å². The number of aryl methyl sites for hydroxylation is 3. The number of hydrogen-bond donors (Lipinski definition) is 3. The second kappa shape index (κ2) is 25.5. The summed E-state index contributed by atoms with van der Waals surface area (Å²) in [6.45, 7) is 17.9. The summed E-state index contributed by atoms with van der Waals surface area (Å²) in [5.74, 6) is 0.134. The third kappa shape index (κ3) is 14.0. The first-order chi connectivity index (χ1) is 27.7. The number of benzene rings is 5. The summed E-state index contributed by atoms with van der Waals surface area (Å²) in [6, 6.07) is 42.2. The Morgan fingerprint density at radius 2 is 0.877 bits per heavy atom. The van der Waals surface area contributed by atoms with Crippen molar-refractivity contribution in [1.82, 2.24) is 0 Å². The van der Waals surface area contributed by atoms with Gasteiger partial charge in [-0.2, -0.15) is 0 Å². The third-order valence-corrected chi connectivity index (χ3v) is 10.1. The smallest absolute Gasteiger partial charge is 0.183 e. The zero-order valence-electron chi connectivity index (χ0n) is 35.6. The van der Waals surface area contributed by atoms with Gasteiger partial charge in [0, 0.05) is 82.0 Å². The van der Waals surface area contributed by atoms with Crippen molar-refractivity contribution in [3.63, 3.8) is 0 Å². The standard InChI is InChI=1S/C29H38N2O2.C11H17NO.C9H12O2/c1-5-30(16-18-32)25-12-14-27(22(3)20-25)29(24-10-8-7-9-11-24)28-15-13-26(21-23(28)4)31(6-2)17-19-33;1-3-12(7-8-13)11-6-4-5-10(2)9-11;1-10-9(11-2)8-6-4-3-5-7-8/h7-15,20-21,29,32-33H,5-6,16-19H2,1-4H3;4-6,9,13H,3,7-8H2,1-2H3;3-7,9H,1-2H3. The van der Waals surface area contributed by atoms with Gasteiger partial charge in [-0.15, -0.1) is 0 Å². The van der Waals surface area contributed by atoms with Crippen molar-refractivity contribution >= 4 is 17.1 Å². The van der Waals surface area contributed by atoms with E-state index in [4.69, 9.17) is 14.6 Å². The van der Waals surface area contributed by atoms with Gasteiger partial charge in [-0.3, -0.25) is 0 Å². The Morgan fingerprint density at radius 3 is 1.23 bits per heavy atom. The number of ether oxygens (including phenoxy) is 2. The van der Waals surface area contributed by atoms with E-state index >= 15 is 0 Å². The molecule has 0 aliphatic carbocycles. The summed E-state index contributed by atoms with van der Waals surface area (Å²) in [5, 5.41) is 27.7. The predicted molar refractivity (Wildman–Crippen MR) is 239 cm³/mol. The maximum Gasteiger partial charge on any atom is 0.183 e. The Hall–Kier alpha value is -4.70. The van der Waals surface area contributed by atoms with Crippen LogP contribution in [0.5, 0.6) is 0 Å². The fourth-order valence-electron chi connectivity index (χ4n) is 7.11. The lowest BCUT2D eigenvalue weighted by Crippen LogP contribution is -2.26. The van der Waals surface area contributed by atoms with E-state index in [1.54, 1.807) is 14.2 Å². The van der Waals surface area contributed by atoms with Gasteiger partial charge in [-0.25, -0.2) is 0 Å². The van der Waals surface area contributed by atoms with Crippen LogP contribution in [0, 0.1) is 20.8 Å². The number of hydrogen-bond acceptors (Lipinski definition) is 8. The van der Waals surface area contributed by atoms with Crippen LogP contribution in [-0.4, -0.2) is 88.6 Å². The van der Waals surface area contributed by atoms with Crippen molar-refractivity contribution < 1.29 is 24.8 Å². The maximum absolute atomic E-state index is 9.42. The van der Waals surface area contributed by atoms with Gasteiger partial charge < -0.3 is 39.5 Å². The van der Waals surface area contributed by atoms with Gasteiger partial charge in [0.15, 0.2) is 6.29 Å². The van der Waals surface area contributed by atoms with E-state index < -0.39 is 0 Å². The summed E-state index contributed by atoms with van der Waals surface area (Å²) < 4.78 is 10.1. The molecular formula is C49H67N3O5. The Bertz CT molecular complexity index is 1770. The van der Waals surface area contributed by atoms with Crippen LogP contribution >= 0.6 is 0 Å². The van der Waals surface area contributed by atoms with E-state index in [0.717, 1.165) is 36.6 Å². The van der Waals surface area contributed by atoms with E-state index in [-0.39, 0.29) is 32.0 Å². The summed E-state index contributed by atoms with van der Waals surface area (Å²) in [5.41, 5.74) is 12.1. The Kier molecular flexibility index (Phi) is 20.9. The molecule has 0 bridgehead atoms.